The lowest BCUT2D eigenvalue weighted by molar-refractivity contribution is -0.903. The minimum atomic E-state index is -0.998. The summed E-state index contributed by atoms with van der Waals surface area (Å²) in [5.41, 5.74) is 1.29. The summed E-state index contributed by atoms with van der Waals surface area (Å²) < 4.78 is 1.11. The number of carbonyl (C=O) groups excluding carboxylic acids is 1. The molecule has 0 radical (unpaired) electrons. The van der Waals surface area contributed by atoms with Crippen LogP contribution >= 0.6 is 0 Å². The van der Waals surface area contributed by atoms with Gasteiger partial charge in [0.15, 0.2) is 0 Å². The van der Waals surface area contributed by atoms with E-state index in [0.29, 0.717) is 18.3 Å². The van der Waals surface area contributed by atoms with E-state index in [0.717, 1.165) is 56.0 Å². The molecule has 1 aromatic carbocycles. The van der Waals surface area contributed by atoms with Crippen LogP contribution in [-0.2, 0) is 11.3 Å². The first-order valence-corrected chi connectivity index (χ1v) is 23.3. The maximum Gasteiger partial charge on any atom is 0.104 e. The molecule has 4 saturated carbocycles. The third-order valence-electron chi connectivity index (χ3n) is 15.9. The summed E-state index contributed by atoms with van der Waals surface area (Å²) in [5, 5.41) is 43.9. The molecule has 6 heteroatoms. The van der Waals surface area contributed by atoms with Crippen LogP contribution in [0.3, 0.4) is 0 Å². The molecule has 0 heterocycles. The van der Waals surface area contributed by atoms with Gasteiger partial charge in [0, 0.05) is 11.5 Å². The van der Waals surface area contributed by atoms with Crippen molar-refractivity contribution in [1.29, 1.82) is 0 Å². The number of carboxylic acids is 1. The Morgan fingerprint density at radius 2 is 1.38 bits per heavy atom. The van der Waals surface area contributed by atoms with Gasteiger partial charge in [-0.3, -0.25) is 0 Å². The molecule has 4 fully saturated rings. The number of nitrogens with zero attached hydrogens (tertiary/aromatic N) is 1. The van der Waals surface area contributed by atoms with Crippen LogP contribution in [0.1, 0.15) is 181 Å². The fraction of sp³-hybridized carbons (Fsp3) is 0.857. The molecule has 6 nitrogen and oxygen atoms in total. The number of aliphatic carboxylic acids is 1. The maximum atomic E-state index is 11.5. The van der Waals surface area contributed by atoms with E-state index in [9.17, 15) is 25.2 Å². The van der Waals surface area contributed by atoms with Crippen LogP contribution in [0.2, 0.25) is 0 Å². The van der Waals surface area contributed by atoms with E-state index in [2.05, 4.69) is 72.1 Å². The number of hydrogen-bond acceptors (Lipinski definition) is 5. The summed E-state index contributed by atoms with van der Waals surface area (Å²) in [6, 6.07) is 10.9. The Hall–Kier alpha value is -1.47. The number of hydrogen-bond donors (Lipinski definition) is 3. The Labute approximate surface area is 337 Å². The van der Waals surface area contributed by atoms with E-state index < -0.39 is 12.1 Å². The van der Waals surface area contributed by atoms with Crippen molar-refractivity contribution in [2.24, 2.45) is 46.3 Å². The summed E-state index contributed by atoms with van der Waals surface area (Å²) >= 11 is 0. The summed E-state index contributed by atoms with van der Waals surface area (Å²) in [6.45, 7) is 11.4. The molecule has 3 unspecified atom stereocenters. The molecule has 0 spiro atoms. The lowest BCUT2D eigenvalue weighted by Crippen LogP contribution is -2.62. The second-order valence-electron chi connectivity index (χ2n) is 20.3. The summed E-state index contributed by atoms with van der Waals surface area (Å²) in [7, 11) is 4.74. The summed E-state index contributed by atoms with van der Waals surface area (Å²) in [5.74, 6) is 0.635. The van der Waals surface area contributed by atoms with Gasteiger partial charge in [-0.15, -0.1) is 0 Å². The number of carboxylic acid groups (broad SMARTS) is 1. The van der Waals surface area contributed by atoms with Gasteiger partial charge >= 0.3 is 0 Å². The van der Waals surface area contributed by atoms with Gasteiger partial charge in [0.25, 0.3) is 0 Å². The van der Waals surface area contributed by atoms with E-state index in [1.165, 1.54) is 102 Å². The number of rotatable bonds is 21. The Bertz CT molecular complexity index is 1240. The first-order chi connectivity index (χ1) is 26.2. The zero-order valence-corrected chi connectivity index (χ0v) is 36.4. The predicted octanol–water partition coefficient (Wildman–Crippen LogP) is 9.86. The smallest absolute Gasteiger partial charge is 0.104 e. The molecule has 0 bridgehead atoms. The maximum absolute atomic E-state index is 11.5. The van der Waals surface area contributed by atoms with Gasteiger partial charge in [0.05, 0.1) is 39.0 Å². The number of unbranched alkanes of at least 4 members (excludes halogenated alkanes) is 13. The van der Waals surface area contributed by atoms with Gasteiger partial charge in [-0.2, -0.15) is 0 Å². The molecule has 0 aliphatic heterocycles. The van der Waals surface area contributed by atoms with E-state index in [-0.39, 0.29) is 53.1 Å². The predicted molar refractivity (Wildman–Crippen MR) is 225 cm³/mol. The van der Waals surface area contributed by atoms with Crippen LogP contribution in [0.25, 0.3) is 0 Å². The quantitative estimate of drug-likeness (QED) is 0.0855. The van der Waals surface area contributed by atoms with Crippen molar-refractivity contribution in [3.8, 4) is 0 Å². The van der Waals surface area contributed by atoms with Gasteiger partial charge in [-0.1, -0.05) is 135 Å². The molecule has 0 aromatic heterocycles. The molecule has 316 valence electrons. The molecule has 3 N–H and O–H groups in total. The zero-order valence-electron chi connectivity index (χ0n) is 36.4. The highest BCUT2D eigenvalue weighted by Gasteiger charge is 2.65. The van der Waals surface area contributed by atoms with Crippen LogP contribution in [0.5, 0.6) is 0 Å². The van der Waals surface area contributed by atoms with Crippen molar-refractivity contribution in [1.82, 2.24) is 0 Å². The molecule has 0 saturated heterocycles. The van der Waals surface area contributed by atoms with Gasteiger partial charge in [0.1, 0.15) is 6.54 Å². The normalized spacial score (nSPS) is 33.5. The van der Waals surface area contributed by atoms with Gasteiger partial charge in [0.2, 0.25) is 0 Å². The molecule has 55 heavy (non-hydrogen) atoms. The minimum absolute atomic E-state index is 0.0747. The van der Waals surface area contributed by atoms with E-state index in [1.807, 2.05) is 0 Å². The van der Waals surface area contributed by atoms with Crippen molar-refractivity contribution in [3.63, 3.8) is 0 Å². The Morgan fingerprint density at radius 1 is 0.800 bits per heavy atom. The number of benzene rings is 1. The summed E-state index contributed by atoms with van der Waals surface area (Å²) in [4.78, 5) is 11.0. The van der Waals surface area contributed by atoms with Crippen LogP contribution in [-0.4, -0.2) is 64.7 Å². The average Bonchev–Trinajstić information content (AvgIpc) is 3.50. The number of fused-ring (bicyclic) bond motifs is 5. The van der Waals surface area contributed by atoms with E-state index >= 15 is 0 Å². The first-order valence-electron chi connectivity index (χ1n) is 23.3. The van der Waals surface area contributed by atoms with Crippen molar-refractivity contribution >= 4 is 5.97 Å². The fourth-order valence-corrected chi connectivity index (χ4v) is 12.6. The van der Waals surface area contributed by atoms with E-state index in [1.54, 1.807) is 0 Å². The zero-order chi connectivity index (χ0) is 40.1. The highest BCUT2D eigenvalue weighted by Crippen LogP contribution is 2.68. The molecular formula is C49H85NO5. The fourth-order valence-electron chi connectivity index (χ4n) is 12.6. The Morgan fingerprint density at radius 3 is 1.96 bits per heavy atom. The second kappa shape index (κ2) is 22.1. The van der Waals surface area contributed by atoms with Crippen molar-refractivity contribution < 1.29 is 29.7 Å². The second-order valence-corrected chi connectivity index (χ2v) is 20.3. The highest BCUT2D eigenvalue weighted by molar-refractivity contribution is 5.64. The number of quaternary nitrogens is 1. The molecule has 4 aliphatic rings. The van der Waals surface area contributed by atoms with Crippen molar-refractivity contribution in [2.75, 3.05) is 20.6 Å². The van der Waals surface area contributed by atoms with Gasteiger partial charge in [-0.25, -0.2) is 0 Å². The Kier molecular flexibility index (Phi) is 18.5. The number of aliphatic hydroxyl groups excluding tert-OH is 3. The van der Waals surface area contributed by atoms with Crippen molar-refractivity contribution in [3.05, 3.63) is 35.9 Å². The molecule has 11 atom stereocenters. The van der Waals surface area contributed by atoms with Gasteiger partial charge in [-0.05, 0) is 117 Å². The average molecular weight is 768 g/mol. The number of carbonyl (C=O) groups is 1. The third-order valence-corrected chi connectivity index (χ3v) is 15.9. The topological polar surface area (TPSA) is 101 Å². The van der Waals surface area contributed by atoms with E-state index in [4.69, 9.17) is 0 Å². The molecule has 4 aliphatic carbocycles. The summed E-state index contributed by atoms with van der Waals surface area (Å²) in [6.07, 6.45) is 25.9. The largest absolute Gasteiger partial charge is 0.550 e. The lowest BCUT2D eigenvalue weighted by atomic mass is 9.43. The first kappa shape index (κ1) is 46.2. The standard InChI is InChI=1S/C25H46N.C24H40O5/c1-4-5-6-7-8-9-10-11-12-13-14-15-16-20-23-26(2,3)24-25-21-18-17-19-22-25;1-13(4-7-21(28)29)16-5-6-17-22-18(12-20(27)24(16,17)3)23(2)9-8-15(25)10-14(23)11-19(22)26/h17-19,21-22H,4-16,20,23-24H2,1-3H3;13-20,22,25-27H,4-12H2,1-3H3,(H,28,29)/q+1;/p-1/t;13-,14+,15-,16-,17?,18?,19-,20+,22?,23+,24-/m.1/s1. The Balaban J connectivity index is 0.000000247. The molecule has 1 aromatic rings. The minimum Gasteiger partial charge on any atom is -0.550 e. The monoisotopic (exact) mass is 768 g/mol. The molecular weight excluding hydrogens is 683 g/mol. The van der Waals surface area contributed by atoms with Crippen LogP contribution < -0.4 is 5.11 Å². The van der Waals surface area contributed by atoms with Crippen molar-refractivity contribution in [2.45, 2.75) is 200 Å². The molecule has 5 rings (SSSR count). The van der Waals surface area contributed by atoms with Crippen LogP contribution in [0.15, 0.2) is 30.3 Å². The number of aliphatic hydroxyl groups is 3. The van der Waals surface area contributed by atoms with Gasteiger partial charge < -0.3 is 29.7 Å². The van der Waals surface area contributed by atoms with Crippen LogP contribution in [0.4, 0.5) is 0 Å². The third kappa shape index (κ3) is 12.8. The molecule has 0 amide bonds. The van der Waals surface area contributed by atoms with Crippen LogP contribution in [0, 0.1) is 46.3 Å². The lowest BCUT2D eigenvalue weighted by Gasteiger charge is -2.63. The SMILES string of the molecule is CCCCCCCCCCCCCCCC[N+](C)(C)Cc1ccccc1.C[C@H](CCC(=O)[O-])[C@H]1CCC2C3C(C[C@H](O)[C@@]21C)[C@@]1(C)CC[C@@H](O)C[C@H]1C[C@H]3O. The highest BCUT2D eigenvalue weighted by atomic mass is 16.4.